The molecule has 0 amide bonds. The van der Waals surface area contributed by atoms with Crippen LogP contribution in [-0.2, 0) is 0 Å². The predicted octanol–water partition coefficient (Wildman–Crippen LogP) is 3.67. The molecular weight excluding hydrogens is 296 g/mol. The summed E-state index contributed by atoms with van der Waals surface area (Å²) in [5.41, 5.74) is 1.31. The van der Waals surface area contributed by atoms with E-state index in [1.807, 2.05) is 0 Å². The van der Waals surface area contributed by atoms with Gasteiger partial charge in [-0.1, -0.05) is 0 Å². The molecular formula is C14H14Te. The molecule has 0 heterocycles. The zero-order chi connectivity index (χ0) is 10.3. The van der Waals surface area contributed by atoms with E-state index in [0.717, 1.165) is 6.42 Å². The average Bonchev–Trinajstić information content (AvgIpc) is 2.79. The number of hydrogen-bond acceptors (Lipinski definition) is 0. The van der Waals surface area contributed by atoms with Gasteiger partial charge in [-0.3, -0.25) is 0 Å². The van der Waals surface area contributed by atoms with Crippen LogP contribution in [-0.4, -0.2) is 20.9 Å². The van der Waals surface area contributed by atoms with E-state index in [2.05, 4.69) is 60.7 Å². The summed E-state index contributed by atoms with van der Waals surface area (Å²) in [5.74, 6) is 0. The van der Waals surface area contributed by atoms with Gasteiger partial charge in [-0.25, -0.2) is 0 Å². The minimum absolute atomic E-state index is 0.0366. The second-order valence-electron chi connectivity index (χ2n) is 3.37. The molecule has 1 aromatic rings. The van der Waals surface area contributed by atoms with Gasteiger partial charge in [0.15, 0.2) is 0 Å². The number of rotatable bonds is 4. The first-order valence-corrected chi connectivity index (χ1v) is 7.97. The molecule has 0 N–H and O–H groups in total. The van der Waals surface area contributed by atoms with Gasteiger partial charge in [0.2, 0.25) is 0 Å². The summed E-state index contributed by atoms with van der Waals surface area (Å²) in [4.78, 5) is 0. The van der Waals surface area contributed by atoms with Crippen LogP contribution in [0.1, 0.15) is 12.0 Å². The number of hydrogen-bond donors (Lipinski definition) is 0. The third-order valence-electron chi connectivity index (χ3n) is 2.19. The maximum atomic E-state index is 2.36. The summed E-state index contributed by atoms with van der Waals surface area (Å²) in [5, 5.41) is 0. The fraction of sp³-hybridized carbons (Fsp3) is 0.143. The van der Waals surface area contributed by atoms with Crippen molar-refractivity contribution in [2.45, 2.75) is 10.9 Å². The second-order valence-corrected chi connectivity index (χ2v) is 6.49. The molecule has 0 radical (unpaired) electrons. The summed E-state index contributed by atoms with van der Waals surface area (Å²) in [6.07, 6.45) is 12.6. The Morgan fingerprint density at radius 2 is 2.07 bits per heavy atom. The van der Waals surface area contributed by atoms with Gasteiger partial charge < -0.3 is 0 Å². The minimum atomic E-state index is 0.0366. The SMILES string of the molecule is C1=CC([Te]C/C=C/c2ccccc2)=CC1. The van der Waals surface area contributed by atoms with Gasteiger partial charge >= 0.3 is 102 Å². The first-order chi connectivity index (χ1) is 7.45. The Hall–Kier alpha value is -0.770. The van der Waals surface area contributed by atoms with Gasteiger partial charge in [-0.05, 0) is 0 Å². The van der Waals surface area contributed by atoms with Crippen molar-refractivity contribution in [3.8, 4) is 0 Å². The molecule has 76 valence electrons. The molecule has 1 aromatic carbocycles. The van der Waals surface area contributed by atoms with Gasteiger partial charge in [0.1, 0.15) is 0 Å². The molecule has 0 aromatic heterocycles. The van der Waals surface area contributed by atoms with E-state index in [9.17, 15) is 0 Å². The van der Waals surface area contributed by atoms with Gasteiger partial charge in [0, 0.05) is 0 Å². The van der Waals surface area contributed by atoms with Crippen molar-refractivity contribution in [2.75, 3.05) is 0 Å². The van der Waals surface area contributed by atoms with E-state index in [-0.39, 0.29) is 20.9 Å². The van der Waals surface area contributed by atoms with Crippen molar-refractivity contribution in [1.29, 1.82) is 0 Å². The normalized spacial score (nSPS) is 14.8. The standard InChI is InChI=1S/C14H14Te/c1-2-7-13(8-3-1)9-6-12-15-14-10-4-5-11-14/h1-4,6-11H,5,12H2/b9-6+. The molecule has 0 bridgehead atoms. The molecule has 1 heteroatoms. The Labute approximate surface area is 101 Å². The third kappa shape index (κ3) is 3.70. The Morgan fingerprint density at radius 1 is 1.20 bits per heavy atom. The summed E-state index contributed by atoms with van der Waals surface area (Å²) in [6, 6.07) is 10.5. The van der Waals surface area contributed by atoms with Crippen LogP contribution in [0.3, 0.4) is 0 Å². The van der Waals surface area contributed by atoms with Gasteiger partial charge in [0.05, 0.1) is 0 Å². The van der Waals surface area contributed by atoms with E-state index in [1.165, 1.54) is 10.0 Å². The Bertz CT molecular complexity index is 385. The van der Waals surface area contributed by atoms with E-state index in [1.54, 1.807) is 3.62 Å². The fourth-order valence-electron chi connectivity index (χ4n) is 1.44. The van der Waals surface area contributed by atoms with Crippen LogP contribution in [0.25, 0.3) is 6.08 Å². The first kappa shape index (κ1) is 10.7. The fourth-order valence-corrected chi connectivity index (χ4v) is 3.69. The second kappa shape index (κ2) is 5.95. The van der Waals surface area contributed by atoms with Gasteiger partial charge in [-0.15, -0.1) is 0 Å². The van der Waals surface area contributed by atoms with Crippen LogP contribution < -0.4 is 0 Å². The molecule has 0 nitrogen and oxygen atoms in total. The van der Waals surface area contributed by atoms with Crippen molar-refractivity contribution in [1.82, 2.24) is 0 Å². The zero-order valence-electron chi connectivity index (χ0n) is 8.60. The maximum absolute atomic E-state index is 2.36. The Balaban J connectivity index is 1.78. The quantitative estimate of drug-likeness (QED) is 0.745. The number of benzene rings is 1. The topological polar surface area (TPSA) is 0 Å². The van der Waals surface area contributed by atoms with Crippen molar-refractivity contribution >= 4 is 27.0 Å². The van der Waals surface area contributed by atoms with Crippen molar-refractivity contribution in [3.63, 3.8) is 0 Å². The van der Waals surface area contributed by atoms with Crippen LogP contribution in [0.2, 0.25) is 4.47 Å². The van der Waals surface area contributed by atoms with Crippen molar-refractivity contribution in [2.24, 2.45) is 0 Å². The molecule has 1 aliphatic carbocycles. The predicted molar refractivity (Wildman–Crippen MR) is 67.9 cm³/mol. The van der Waals surface area contributed by atoms with E-state index in [0.29, 0.717) is 0 Å². The molecule has 0 saturated heterocycles. The molecule has 0 fully saturated rings. The summed E-state index contributed by atoms with van der Waals surface area (Å²) < 4.78 is 2.87. The molecule has 0 aliphatic heterocycles. The molecule has 0 spiro atoms. The van der Waals surface area contributed by atoms with Gasteiger partial charge in [0.25, 0.3) is 0 Å². The number of allylic oxidation sites excluding steroid dienone is 5. The van der Waals surface area contributed by atoms with Crippen LogP contribution in [0, 0.1) is 0 Å². The molecule has 0 saturated carbocycles. The van der Waals surface area contributed by atoms with Crippen molar-refractivity contribution in [3.05, 3.63) is 63.8 Å². The van der Waals surface area contributed by atoms with Crippen LogP contribution in [0.5, 0.6) is 0 Å². The van der Waals surface area contributed by atoms with Crippen LogP contribution >= 0.6 is 0 Å². The molecule has 15 heavy (non-hydrogen) atoms. The molecule has 2 rings (SSSR count). The monoisotopic (exact) mass is 312 g/mol. The first-order valence-electron chi connectivity index (χ1n) is 5.16. The van der Waals surface area contributed by atoms with Crippen molar-refractivity contribution < 1.29 is 0 Å². The van der Waals surface area contributed by atoms with E-state index in [4.69, 9.17) is 0 Å². The van der Waals surface area contributed by atoms with Crippen LogP contribution in [0.4, 0.5) is 0 Å². The summed E-state index contributed by atoms with van der Waals surface area (Å²) in [6.45, 7) is 0. The molecule has 0 unspecified atom stereocenters. The Morgan fingerprint density at radius 3 is 2.80 bits per heavy atom. The average molecular weight is 310 g/mol. The zero-order valence-corrected chi connectivity index (χ0v) is 10.9. The van der Waals surface area contributed by atoms with Gasteiger partial charge in [-0.2, -0.15) is 0 Å². The summed E-state index contributed by atoms with van der Waals surface area (Å²) >= 11 is 0.0366. The molecule has 0 atom stereocenters. The van der Waals surface area contributed by atoms with E-state index >= 15 is 0 Å². The Kier molecular flexibility index (Phi) is 4.26. The molecule has 1 aliphatic rings. The van der Waals surface area contributed by atoms with E-state index < -0.39 is 0 Å². The third-order valence-corrected chi connectivity index (χ3v) is 5.03. The van der Waals surface area contributed by atoms with Crippen LogP contribution in [0.15, 0.2) is 58.3 Å². The summed E-state index contributed by atoms with van der Waals surface area (Å²) in [7, 11) is 0.